The Kier molecular flexibility index (Phi) is 11.5. The summed E-state index contributed by atoms with van der Waals surface area (Å²) in [7, 11) is 0. The number of halogens is 2. The molecule has 2 amide bonds. The summed E-state index contributed by atoms with van der Waals surface area (Å²) in [6.45, 7) is 2.54. The van der Waals surface area contributed by atoms with Crippen LogP contribution in [-0.4, -0.2) is 40.0 Å². The molecule has 0 radical (unpaired) electrons. The number of thioether (sulfide) groups is 1. The van der Waals surface area contributed by atoms with E-state index in [9.17, 15) is 19.7 Å². The first-order valence-corrected chi connectivity index (χ1v) is 14.1. The summed E-state index contributed by atoms with van der Waals surface area (Å²) in [5.41, 5.74) is 2.37. The minimum Gasteiger partial charge on any atom is -0.354 e. The van der Waals surface area contributed by atoms with Gasteiger partial charge in [0, 0.05) is 53.0 Å². The molecule has 0 spiro atoms. The first-order chi connectivity index (χ1) is 18.3. The van der Waals surface area contributed by atoms with Crippen LogP contribution in [0.3, 0.4) is 0 Å². The van der Waals surface area contributed by atoms with E-state index in [1.807, 2.05) is 37.3 Å². The zero-order chi connectivity index (χ0) is 27.5. The van der Waals surface area contributed by atoms with E-state index in [1.165, 1.54) is 23.9 Å². The Morgan fingerprint density at radius 2 is 1.63 bits per heavy atom. The maximum absolute atomic E-state index is 13.7. The van der Waals surface area contributed by atoms with Gasteiger partial charge in [0.1, 0.15) is 6.04 Å². The normalized spacial score (nSPS) is 11.6. The molecule has 3 rings (SSSR count). The fourth-order valence-corrected chi connectivity index (χ4v) is 5.21. The molecule has 1 N–H and O–H groups in total. The number of carbonyl (C=O) groups excluding carboxylic acids is 2. The summed E-state index contributed by atoms with van der Waals surface area (Å²) in [6, 6.07) is 20.1. The number of nitrogens with zero attached hydrogens (tertiary/aromatic N) is 2. The van der Waals surface area contributed by atoms with Crippen molar-refractivity contribution in [3.63, 3.8) is 0 Å². The van der Waals surface area contributed by atoms with E-state index in [2.05, 4.69) is 5.32 Å². The molecule has 3 aromatic carbocycles. The fraction of sp³-hybridized carbons (Fsp3) is 0.286. The van der Waals surface area contributed by atoms with Gasteiger partial charge in [-0.1, -0.05) is 78.7 Å². The minimum absolute atomic E-state index is 0.0134. The van der Waals surface area contributed by atoms with Gasteiger partial charge < -0.3 is 10.2 Å². The zero-order valence-electron chi connectivity index (χ0n) is 20.9. The van der Waals surface area contributed by atoms with E-state index < -0.39 is 11.0 Å². The zero-order valence-corrected chi connectivity index (χ0v) is 23.3. The lowest BCUT2D eigenvalue weighted by atomic mass is 10.0. The molecule has 0 unspecified atom stereocenters. The fourth-order valence-electron chi connectivity index (χ4n) is 3.83. The average Bonchev–Trinajstić information content (AvgIpc) is 2.91. The van der Waals surface area contributed by atoms with Crippen molar-refractivity contribution >= 4 is 52.5 Å². The topological polar surface area (TPSA) is 92.6 Å². The number of carbonyl (C=O) groups is 2. The summed E-state index contributed by atoms with van der Waals surface area (Å²) >= 11 is 14.3. The predicted octanol–water partition coefficient (Wildman–Crippen LogP) is 6.30. The molecule has 0 saturated heterocycles. The first-order valence-electron chi connectivity index (χ1n) is 12.1. The number of nitro benzene ring substituents is 1. The number of non-ortho nitro benzene ring substituents is 1. The molecular formula is C28H29Cl2N3O4S. The van der Waals surface area contributed by atoms with Crippen LogP contribution in [0.4, 0.5) is 5.69 Å². The van der Waals surface area contributed by atoms with Crippen molar-refractivity contribution < 1.29 is 14.5 Å². The standard InChI is InChI=1S/C28H29Cl2N3O4S/c1-2-15-31-28(35)26(16-20-7-4-3-5-8-20)32(17-23-24(29)9-6-10-25(23)30)27(34)19-38-18-21-11-13-22(14-12-21)33(36)37/h3-14,26H,2,15-19H2,1H3,(H,31,35)/t26-/m0/s1. The Morgan fingerprint density at radius 3 is 2.24 bits per heavy atom. The van der Waals surface area contributed by atoms with Gasteiger partial charge in [-0.15, -0.1) is 11.8 Å². The molecule has 1 atom stereocenters. The van der Waals surface area contributed by atoms with Crippen molar-refractivity contribution in [3.8, 4) is 0 Å². The van der Waals surface area contributed by atoms with Crippen molar-refractivity contribution in [1.82, 2.24) is 10.2 Å². The molecular weight excluding hydrogens is 545 g/mol. The van der Waals surface area contributed by atoms with Crippen LogP contribution in [0.25, 0.3) is 0 Å². The van der Waals surface area contributed by atoms with Crippen molar-refractivity contribution in [3.05, 3.63) is 110 Å². The van der Waals surface area contributed by atoms with Crippen LogP contribution in [0.15, 0.2) is 72.8 Å². The van der Waals surface area contributed by atoms with Crippen LogP contribution >= 0.6 is 35.0 Å². The highest BCUT2D eigenvalue weighted by molar-refractivity contribution is 7.99. The molecule has 10 heteroatoms. The van der Waals surface area contributed by atoms with Gasteiger partial charge in [-0.2, -0.15) is 0 Å². The van der Waals surface area contributed by atoms with Gasteiger partial charge in [-0.05, 0) is 29.7 Å². The molecule has 0 fully saturated rings. The highest BCUT2D eigenvalue weighted by Crippen LogP contribution is 2.28. The highest BCUT2D eigenvalue weighted by Gasteiger charge is 2.31. The summed E-state index contributed by atoms with van der Waals surface area (Å²) in [4.78, 5) is 39.0. The lowest BCUT2D eigenvalue weighted by molar-refractivity contribution is -0.384. The third-order valence-corrected chi connectivity index (χ3v) is 7.55. The van der Waals surface area contributed by atoms with Crippen LogP contribution in [0, 0.1) is 10.1 Å². The van der Waals surface area contributed by atoms with Gasteiger partial charge in [-0.25, -0.2) is 0 Å². The second-order valence-electron chi connectivity index (χ2n) is 8.63. The lowest BCUT2D eigenvalue weighted by Crippen LogP contribution is -2.51. The lowest BCUT2D eigenvalue weighted by Gasteiger charge is -2.32. The van der Waals surface area contributed by atoms with E-state index in [0.717, 1.165) is 17.5 Å². The summed E-state index contributed by atoms with van der Waals surface area (Å²) in [6.07, 6.45) is 1.09. The van der Waals surface area contributed by atoms with E-state index in [0.29, 0.717) is 34.3 Å². The number of amides is 2. The molecule has 0 aliphatic rings. The van der Waals surface area contributed by atoms with E-state index >= 15 is 0 Å². The van der Waals surface area contributed by atoms with Crippen molar-refractivity contribution in [1.29, 1.82) is 0 Å². The van der Waals surface area contributed by atoms with E-state index in [-0.39, 0.29) is 29.8 Å². The van der Waals surface area contributed by atoms with Crippen molar-refractivity contribution in [2.75, 3.05) is 12.3 Å². The Labute approximate surface area is 236 Å². The molecule has 0 saturated carbocycles. The number of rotatable bonds is 13. The first kappa shape index (κ1) is 29.5. The maximum Gasteiger partial charge on any atom is 0.269 e. The van der Waals surface area contributed by atoms with Crippen LogP contribution in [0.5, 0.6) is 0 Å². The molecule has 0 bridgehead atoms. The number of hydrogen-bond acceptors (Lipinski definition) is 5. The number of benzene rings is 3. The van der Waals surface area contributed by atoms with Gasteiger partial charge in [-0.3, -0.25) is 19.7 Å². The third-order valence-electron chi connectivity index (χ3n) is 5.85. The van der Waals surface area contributed by atoms with E-state index in [4.69, 9.17) is 23.2 Å². The second-order valence-corrected chi connectivity index (χ2v) is 10.4. The van der Waals surface area contributed by atoms with Crippen LogP contribution in [0.1, 0.15) is 30.0 Å². The molecule has 0 aliphatic carbocycles. The average molecular weight is 575 g/mol. The maximum atomic E-state index is 13.7. The molecule has 0 heterocycles. The Morgan fingerprint density at radius 1 is 0.974 bits per heavy atom. The Balaban J connectivity index is 1.85. The monoisotopic (exact) mass is 573 g/mol. The number of nitro groups is 1. The molecule has 38 heavy (non-hydrogen) atoms. The smallest absolute Gasteiger partial charge is 0.269 e. The number of hydrogen-bond donors (Lipinski definition) is 1. The van der Waals surface area contributed by atoms with Crippen LogP contribution < -0.4 is 5.32 Å². The van der Waals surface area contributed by atoms with Gasteiger partial charge in [0.2, 0.25) is 11.8 Å². The Hall–Kier alpha value is -3.07. The van der Waals surface area contributed by atoms with E-state index in [1.54, 1.807) is 35.2 Å². The summed E-state index contributed by atoms with van der Waals surface area (Å²) in [5, 5.41) is 14.7. The summed E-state index contributed by atoms with van der Waals surface area (Å²) in [5.74, 6) is 0.106. The second kappa shape index (κ2) is 14.8. The molecule has 3 aromatic rings. The summed E-state index contributed by atoms with van der Waals surface area (Å²) < 4.78 is 0. The van der Waals surface area contributed by atoms with Crippen molar-refractivity contribution in [2.45, 2.75) is 38.1 Å². The molecule has 0 aliphatic heterocycles. The molecule has 200 valence electrons. The third kappa shape index (κ3) is 8.48. The van der Waals surface area contributed by atoms with Crippen molar-refractivity contribution in [2.24, 2.45) is 0 Å². The van der Waals surface area contributed by atoms with Gasteiger partial charge in [0.15, 0.2) is 0 Å². The minimum atomic E-state index is -0.774. The largest absolute Gasteiger partial charge is 0.354 e. The van der Waals surface area contributed by atoms with Gasteiger partial charge >= 0.3 is 0 Å². The molecule has 0 aromatic heterocycles. The SMILES string of the molecule is CCCNC(=O)[C@H](Cc1ccccc1)N(Cc1c(Cl)cccc1Cl)C(=O)CSCc1ccc([N+](=O)[O-])cc1. The number of nitrogens with one attached hydrogen (secondary N) is 1. The van der Waals surface area contributed by atoms with Crippen LogP contribution in [-0.2, 0) is 28.3 Å². The van der Waals surface area contributed by atoms with Crippen LogP contribution in [0.2, 0.25) is 10.0 Å². The van der Waals surface area contributed by atoms with Gasteiger partial charge in [0.05, 0.1) is 10.7 Å². The Bertz CT molecular complexity index is 1220. The quantitative estimate of drug-likeness (QED) is 0.191. The molecule has 7 nitrogen and oxygen atoms in total. The predicted molar refractivity (Wildman–Crippen MR) is 154 cm³/mol. The van der Waals surface area contributed by atoms with Gasteiger partial charge in [0.25, 0.3) is 5.69 Å². The highest BCUT2D eigenvalue weighted by atomic mass is 35.5.